The Hall–Kier alpha value is -1.11. The van der Waals surface area contributed by atoms with Crippen molar-refractivity contribution in [3.63, 3.8) is 0 Å². The second kappa shape index (κ2) is 5.19. The highest BCUT2D eigenvalue weighted by Crippen LogP contribution is 2.56. The van der Waals surface area contributed by atoms with E-state index in [1.807, 2.05) is 0 Å². The van der Waals surface area contributed by atoms with Gasteiger partial charge in [0.05, 0.1) is 40.4 Å². The van der Waals surface area contributed by atoms with Crippen molar-refractivity contribution in [2.24, 2.45) is 0 Å². The fourth-order valence-electron chi connectivity index (χ4n) is 4.30. The van der Waals surface area contributed by atoms with E-state index in [2.05, 4.69) is 38.9 Å². The van der Waals surface area contributed by atoms with Gasteiger partial charge in [-0.1, -0.05) is 0 Å². The zero-order chi connectivity index (χ0) is 16.4. The van der Waals surface area contributed by atoms with Gasteiger partial charge in [-0.05, 0) is 41.3 Å². The highest BCUT2D eigenvalue weighted by Gasteiger charge is 2.64. The summed E-state index contributed by atoms with van der Waals surface area (Å²) in [4.78, 5) is 0. The largest absolute Gasteiger partial charge is 0.489 e. The van der Waals surface area contributed by atoms with Gasteiger partial charge in [0.1, 0.15) is 5.75 Å². The summed E-state index contributed by atoms with van der Waals surface area (Å²) in [6, 6.07) is 4.17. The lowest BCUT2D eigenvalue weighted by molar-refractivity contribution is -0.0694. The van der Waals surface area contributed by atoms with Gasteiger partial charge >= 0.3 is 0 Å². The van der Waals surface area contributed by atoms with E-state index in [1.165, 1.54) is 6.42 Å². The third-order valence-corrected chi connectivity index (χ3v) is 6.37. The van der Waals surface area contributed by atoms with Crippen molar-refractivity contribution in [3.05, 3.63) is 22.8 Å². The van der Waals surface area contributed by atoms with Crippen LogP contribution in [0.1, 0.15) is 32.1 Å². The Labute approximate surface area is 149 Å². The first kappa shape index (κ1) is 15.2. The number of hydrogen-bond donors (Lipinski definition) is 0. The van der Waals surface area contributed by atoms with Crippen LogP contribution in [0.4, 0.5) is 0 Å². The molecule has 6 rings (SSSR count). The first-order chi connectivity index (χ1) is 11.6. The Balaban J connectivity index is 1.44. The van der Waals surface area contributed by atoms with Crippen LogP contribution < -0.4 is 4.74 Å². The van der Waals surface area contributed by atoms with Crippen LogP contribution >= 0.6 is 15.9 Å². The van der Waals surface area contributed by atoms with Crippen LogP contribution in [0.3, 0.4) is 0 Å². The number of hydrogen-bond acceptors (Lipinski definition) is 4. The smallest absolute Gasteiger partial charge is 0.136 e. The maximum absolute atomic E-state index is 6.07. The second-order valence-corrected chi connectivity index (χ2v) is 8.42. The van der Waals surface area contributed by atoms with E-state index >= 15 is 0 Å². The molecule has 0 amide bonds. The van der Waals surface area contributed by atoms with E-state index < -0.39 is 0 Å². The van der Waals surface area contributed by atoms with E-state index in [4.69, 9.17) is 19.3 Å². The van der Waals surface area contributed by atoms with Crippen molar-refractivity contribution in [1.29, 1.82) is 0 Å². The minimum absolute atomic E-state index is 0.000973. The van der Waals surface area contributed by atoms with Gasteiger partial charge in [-0.15, -0.1) is 0 Å². The first-order valence-corrected chi connectivity index (χ1v) is 9.40. The van der Waals surface area contributed by atoms with Crippen molar-refractivity contribution in [3.8, 4) is 5.75 Å². The quantitative estimate of drug-likeness (QED) is 0.778. The molecule has 2 saturated carbocycles. The summed E-state index contributed by atoms with van der Waals surface area (Å²) in [6.07, 6.45) is 8.04. The molecule has 0 spiro atoms. The average Bonchev–Trinajstić information content (AvgIpc) is 3.13. The van der Waals surface area contributed by atoms with Crippen molar-refractivity contribution in [2.75, 3.05) is 20.3 Å². The van der Waals surface area contributed by atoms with Crippen molar-refractivity contribution in [2.45, 2.75) is 49.3 Å². The minimum atomic E-state index is -0.0913. The van der Waals surface area contributed by atoms with Crippen LogP contribution in [-0.4, -0.2) is 41.8 Å². The van der Waals surface area contributed by atoms with Crippen molar-refractivity contribution < 1.29 is 14.2 Å². The monoisotopic (exact) mass is 392 g/mol. The molecule has 128 valence electrons. The maximum atomic E-state index is 6.07. The Morgan fingerprint density at radius 3 is 2.92 bits per heavy atom. The van der Waals surface area contributed by atoms with Crippen LogP contribution in [0.5, 0.6) is 5.75 Å². The van der Waals surface area contributed by atoms with Gasteiger partial charge in [0, 0.05) is 37.6 Å². The predicted octanol–water partition coefficient (Wildman–Crippen LogP) is 3.63. The van der Waals surface area contributed by atoms with E-state index in [0.717, 1.165) is 53.4 Å². The van der Waals surface area contributed by atoms with E-state index in [0.29, 0.717) is 12.7 Å². The normalized spacial score (nSPS) is 31.9. The molecule has 1 aromatic heterocycles. The van der Waals surface area contributed by atoms with Crippen molar-refractivity contribution in [1.82, 2.24) is 9.78 Å². The van der Waals surface area contributed by atoms with Gasteiger partial charge < -0.3 is 14.2 Å². The van der Waals surface area contributed by atoms with Crippen molar-refractivity contribution >= 4 is 26.8 Å². The first-order valence-electron chi connectivity index (χ1n) is 8.61. The third kappa shape index (κ3) is 2.16. The zero-order valence-electron chi connectivity index (χ0n) is 13.8. The minimum Gasteiger partial charge on any atom is -0.489 e. The molecule has 0 N–H and O–H groups in total. The molecule has 2 aromatic rings. The van der Waals surface area contributed by atoms with Gasteiger partial charge in [-0.25, -0.2) is 0 Å². The summed E-state index contributed by atoms with van der Waals surface area (Å²) in [6.45, 7) is 1.39. The number of ether oxygens (including phenoxy) is 3. The molecular weight excluding hydrogens is 372 g/mol. The summed E-state index contributed by atoms with van der Waals surface area (Å²) < 4.78 is 20.5. The van der Waals surface area contributed by atoms with Gasteiger partial charge in [0.25, 0.3) is 0 Å². The molecule has 2 aliphatic carbocycles. The Bertz CT molecular complexity index is 793. The number of fused-ring (bicyclic) bond motifs is 2. The molecule has 2 aliphatic heterocycles. The van der Waals surface area contributed by atoms with E-state index in [9.17, 15) is 0 Å². The molecule has 0 atom stereocenters. The van der Waals surface area contributed by atoms with Gasteiger partial charge in [-0.3, -0.25) is 4.68 Å². The average molecular weight is 393 g/mol. The van der Waals surface area contributed by atoms with Gasteiger partial charge in [0.15, 0.2) is 0 Å². The molecular formula is C18H21BrN2O3. The molecule has 2 saturated heterocycles. The predicted molar refractivity (Wildman–Crippen MR) is 93.5 cm³/mol. The summed E-state index contributed by atoms with van der Waals surface area (Å²) in [7, 11) is 1.74. The molecule has 2 bridgehead atoms. The highest BCUT2D eigenvalue weighted by molar-refractivity contribution is 9.10. The number of rotatable bonds is 5. The summed E-state index contributed by atoms with van der Waals surface area (Å²) in [5.74, 6) is 0.903. The van der Waals surface area contributed by atoms with Crippen LogP contribution in [0.15, 0.2) is 22.8 Å². The summed E-state index contributed by atoms with van der Waals surface area (Å²) in [5.41, 5.74) is 0.892. The molecule has 3 heterocycles. The zero-order valence-corrected chi connectivity index (χ0v) is 15.3. The Morgan fingerprint density at radius 1 is 1.38 bits per heavy atom. The third-order valence-electron chi connectivity index (χ3n) is 5.75. The maximum Gasteiger partial charge on any atom is 0.136 e. The van der Waals surface area contributed by atoms with Gasteiger partial charge in [0.2, 0.25) is 0 Å². The Morgan fingerprint density at radius 2 is 2.21 bits per heavy atom. The molecule has 4 fully saturated rings. The standard InChI is InChI=1S/C18H21BrN2O3/c1-22-11-18-8-17(9-18,10-23-18)21-7-12-5-14(19)16(6-15(12)20-21)24-13-3-2-4-13/h5-7,13H,2-4,8-11H2,1H3. The molecule has 0 radical (unpaired) electrons. The van der Waals surface area contributed by atoms with Crippen LogP contribution in [0, 0.1) is 0 Å². The number of halogens is 1. The number of nitrogens with zero attached hydrogens (tertiary/aromatic N) is 2. The molecule has 5 nitrogen and oxygen atoms in total. The molecule has 24 heavy (non-hydrogen) atoms. The number of methoxy groups -OCH3 is 1. The number of aromatic nitrogens is 2. The highest BCUT2D eigenvalue weighted by atomic mass is 79.9. The van der Waals surface area contributed by atoms with Crippen LogP contribution in [0.2, 0.25) is 0 Å². The van der Waals surface area contributed by atoms with E-state index in [1.54, 1.807) is 7.11 Å². The summed E-state index contributed by atoms with van der Waals surface area (Å²) in [5, 5.41) is 5.98. The SMILES string of the molecule is COCC12CC(n3cc4cc(Br)c(OC5CCC5)cc4n3)(CO1)C2. The topological polar surface area (TPSA) is 45.5 Å². The van der Waals surface area contributed by atoms with E-state index in [-0.39, 0.29) is 11.1 Å². The lowest BCUT2D eigenvalue weighted by Crippen LogP contribution is -2.53. The fraction of sp³-hybridized carbons (Fsp3) is 0.611. The lowest BCUT2D eigenvalue weighted by Gasteiger charge is -2.43. The fourth-order valence-corrected chi connectivity index (χ4v) is 4.75. The molecule has 4 aliphatic rings. The summed E-state index contributed by atoms with van der Waals surface area (Å²) >= 11 is 3.64. The Kier molecular flexibility index (Phi) is 3.28. The molecule has 0 unspecified atom stereocenters. The second-order valence-electron chi connectivity index (χ2n) is 7.57. The van der Waals surface area contributed by atoms with Gasteiger partial charge in [-0.2, -0.15) is 5.10 Å². The molecule has 6 heteroatoms. The van der Waals surface area contributed by atoms with Crippen LogP contribution in [0.25, 0.3) is 10.9 Å². The number of benzene rings is 1. The van der Waals surface area contributed by atoms with Crippen LogP contribution in [-0.2, 0) is 15.0 Å². The lowest BCUT2D eigenvalue weighted by atomic mass is 9.69. The molecule has 1 aromatic carbocycles.